The predicted molar refractivity (Wildman–Crippen MR) is 118 cm³/mol. The van der Waals surface area contributed by atoms with Crippen LogP contribution in [0, 0.1) is 0 Å². The summed E-state index contributed by atoms with van der Waals surface area (Å²) >= 11 is 0. The van der Waals surface area contributed by atoms with Crippen LogP contribution in [0.15, 0.2) is 33.5 Å². The summed E-state index contributed by atoms with van der Waals surface area (Å²) in [5.41, 5.74) is 3.63. The Hall–Kier alpha value is -3.49. The van der Waals surface area contributed by atoms with E-state index < -0.39 is 5.76 Å². The van der Waals surface area contributed by atoms with E-state index in [0.29, 0.717) is 29.9 Å². The van der Waals surface area contributed by atoms with Crippen LogP contribution in [0.5, 0.6) is 0 Å². The first kappa shape index (κ1) is 20.4. The lowest BCUT2D eigenvalue weighted by Gasteiger charge is -2.26. The molecule has 1 aromatic carbocycles. The Kier molecular flexibility index (Phi) is 5.46. The highest BCUT2D eigenvalue weighted by Crippen LogP contribution is 2.22. The molecular formula is C23H25N5O4. The van der Waals surface area contributed by atoms with Crippen LogP contribution in [-0.2, 0) is 24.2 Å². The topological polar surface area (TPSA) is 110 Å². The van der Waals surface area contributed by atoms with Crippen LogP contribution in [0.2, 0.25) is 0 Å². The van der Waals surface area contributed by atoms with Gasteiger partial charge in [-0.2, -0.15) is 5.10 Å². The second-order valence-corrected chi connectivity index (χ2v) is 8.44. The molecule has 9 heteroatoms. The average molecular weight is 435 g/mol. The molecule has 166 valence electrons. The zero-order valence-electron chi connectivity index (χ0n) is 17.8. The third-order valence-electron chi connectivity index (χ3n) is 6.23. The molecule has 5 rings (SSSR count). The van der Waals surface area contributed by atoms with Gasteiger partial charge in [0, 0.05) is 18.8 Å². The van der Waals surface area contributed by atoms with Crippen molar-refractivity contribution < 1.29 is 14.0 Å². The fourth-order valence-corrected chi connectivity index (χ4v) is 4.46. The summed E-state index contributed by atoms with van der Waals surface area (Å²) in [5.74, 6) is -1.06. The smallest absolute Gasteiger partial charge is 0.408 e. The van der Waals surface area contributed by atoms with Crippen molar-refractivity contribution >= 4 is 28.6 Å². The molecule has 0 bridgehead atoms. The molecule has 1 saturated heterocycles. The zero-order valence-corrected chi connectivity index (χ0v) is 17.8. The lowest BCUT2D eigenvalue weighted by atomic mass is 9.96. The number of rotatable bonds is 4. The van der Waals surface area contributed by atoms with Crippen molar-refractivity contribution in [2.24, 2.45) is 0 Å². The van der Waals surface area contributed by atoms with Gasteiger partial charge in [-0.1, -0.05) is 0 Å². The molecule has 3 heterocycles. The number of nitrogens with one attached hydrogen (secondary N) is 1. The largest absolute Gasteiger partial charge is 0.420 e. The number of hydrogen-bond acceptors (Lipinski definition) is 6. The summed E-state index contributed by atoms with van der Waals surface area (Å²) in [5, 5.41) is 11.1. The van der Waals surface area contributed by atoms with E-state index in [-0.39, 0.29) is 24.1 Å². The highest BCUT2D eigenvalue weighted by atomic mass is 16.4. The van der Waals surface area contributed by atoms with Crippen molar-refractivity contribution in [3.8, 4) is 0 Å². The molecule has 1 aliphatic carbocycles. The predicted octanol–water partition coefficient (Wildman–Crippen LogP) is 2.53. The summed E-state index contributed by atoms with van der Waals surface area (Å²) in [4.78, 5) is 39.6. The van der Waals surface area contributed by atoms with Gasteiger partial charge in [-0.15, -0.1) is 5.10 Å². The number of carbonyl (C=O) groups is 2. The van der Waals surface area contributed by atoms with Gasteiger partial charge in [-0.05, 0) is 74.8 Å². The number of amides is 2. The molecule has 1 N–H and O–H groups in total. The van der Waals surface area contributed by atoms with Gasteiger partial charge in [0.15, 0.2) is 11.3 Å². The molecular weight excluding hydrogens is 410 g/mol. The summed E-state index contributed by atoms with van der Waals surface area (Å²) in [6.07, 6.45) is 7.07. The molecule has 3 aromatic rings. The van der Waals surface area contributed by atoms with Crippen molar-refractivity contribution in [1.29, 1.82) is 0 Å². The first-order valence-corrected chi connectivity index (χ1v) is 11.2. The van der Waals surface area contributed by atoms with Gasteiger partial charge in [-0.3, -0.25) is 14.2 Å². The molecule has 2 aliphatic rings. The number of hydrogen-bond donors (Lipinski definition) is 1. The van der Waals surface area contributed by atoms with Gasteiger partial charge in [0.2, 0.25) is 5.91 Å². The number of aromatic nitrogens is 3. The molecule has 2 amide bonds. The Balaban J connectivity index is 1.37. The quantitative estimate of drug-likeness (QED) is 0.674. The number of nitrogens with zero attached hydrogens (tertiary/aromatic N) is 4. The monoisotopic (exact) mass is 435 g/mol. The van der Waals surface area contributed by atoms with Crippen LogP contribution >= 0.6 is 0 Å². The minimum atomic E-state index is -0.589. The Bertz CT molecular complexity index is 1240. The van der Waals surface area contributed by atoms with Crippen LogP contribution < -0.4 is 11.1 Å². The van der Waals surface area contributed by atoms with Crippen molar-refractivity contribution in [2.45, 2.75) is 51.5 Å². The zero-order chi connectivity index (χ0) is 22.1. The van der Waals surface area contributed by atoms with Gasteiger partial charge in [0.25, 0.3) is 5.91 Å². The summed E-state index contributed by atoms with van der Waals surface area (Å²) in [6.45, 7) is 1.35. The van der Waals surface area contributed by atoms with E-state index in [1.165, 1.54) is 4.57 Å². The van der Waals surface area contributed by atoms with E-state index in [1.807, 2.05) is 0 Å². The number of aryl methyl sites for hydroxylation is 2. The Morgan fingerprint density at radius 2 is 1.81 bits per heavy atom. The molecule has 0 spiro atoms. The van der Waals surface area contributed by atoms with Gasteiger partial charge in [0.05, 0.1) is 11.2 Å². The van der Waals surface area contributed by atoms with Crippen LogP contribution in [0.25, 0.3) is 11.1 Å². The van der Waals surface area contributed by atoms with Crippen molar-refractivity contribution in [2.75, 3.05) is 18.4 Å². The molecule has 0 radical (unpaired) electrons. The van der Waals surface area contributed by atoms with Gasteiger partial charge < -0.3 is 14.6 Å². The van der Waals surface area contributed by atoms with E-state index in [0.717, 1.165) is 56.2 Å². The van der Waals surface area contributed by atoms with Crippen molar-refractivity contribution in [3.63, 3.8) is 0 Å². The number of likely N-dealkylation sites (tertiary alicyclic amines) is 1. The molecule has 1 fully saturated rings. The number of carbonyl (C=O) groups excluding carboxylic acids is 2. The lowest BCUT2D eigenvalue weighted by molar-refractivity contribution is -0.132. The lowest BCUT2D eigenvalue weighted by Crippen LogP contribution is -2.39. The SMILES string of the molecule is O=C(Nc1ccc2oc(=O)n(CC(=O)N3CCCCC3)c2c1)c1cc2c(nn1)CCCC2. The van der Waals surface area contributed by atoms with Crippen LogP contribution in [0.4, 0.5) is 5.69 Å². The Labute approximate surface area is 184 Å². The molecule has 0 atom stereocenters. The van der Waals surface area contributed by atoms with Crippen LogP contribution in [0.3, 0.4) is 0 Å². The minimum Gasteiger partial charge on any atom is -0.408 e. The van der Waals surface area contributed by atoms with Gasteiger partial charge in [-0.25, -0.2) is 4.79 Å². The van der Waals surface area contributed by atoms with E-state index in [4.69, 9.17) is 4.42 Å². The second-order valence-electron chi connectivity index (χ2n) is 8.44. The minimum absolute atomic E-state index is 0.0838. The van der Waals surface area contributed by atoms with E-state index in [2.05, 4.69) is 15.5 Å². The first-order valence-electron chi connectivity index (χ1n) is 11.2. The molecule has 32 heavy (non-hydrogen) atoms. The molecule has 2 aromatic heterocycles. The van der Waals surface area contributed by atoms with E-state index in [9.17, 15) is 14.4 Å². The number of piperidine rings is 1. The van der Waals surface area contributed by atoms with Crippen molar-refractivity contribution in [1.82, 2.24) is 19.7 Å². The van der Waals surface area contributed by atoms with Crippen LogP contribution in [0.1, 0.15) is 53.8 Å². The maximum absolute atomic E-state index is 12.7. The molecule has 9 nitrogen and oxygen atoms in total. The number of anilines is 1. The van der Waals surface area contributed by atoms with Crippen molar-refractivity contribution in [3.05, 3.63) is 51.8 Å². The number of oxazole rings is 1. The summed E-state index contributed by atoms with van der Waals surface area (Å²) < 4.78 is 6.62. The summed E-state index contributed by atoms with van der Waals surface area (Å²) in [7, 11) is 0. The molecule has 1 aliphatic heterocycles. The fourth-order valence-electron chi connectivity index (χ4n) is 4.46. The summed E-state index contributed by atoms with van der Waals surface area (Å²) in [6, 6.07) is 6.73. The third kappa shape index (κ3) is 4.02. The average Bonchev–Trinajstić information content (AvgIpc) is 3.13. The first-order chi connectivity index (χ1) is 15.6. The van der Waals surface area contributed by atoms with E-state index in [1.54, 1.807) is 29.2 Å². The highest BCUT2D eigenvalue weighted by Gasteiger charge is 2.21. The fraction of sp³-hybridized carbons (Fsp3) is 0.435. The molecule has 0 unspecified atom stereocenters. The Morgan fingerprint density at radius 3 is 2.66 bits per heavy atom. The number of fused-ring (bicyclic) bond motifs is 2. The standard InChI is InChI=1S/C23H25N5O4/c29-21(27-10-4-1-5-11-27)14-28-19-13-16(8-9-20(19)32-23(28)31)24-22(30)18-12-15-6-2-3-7-17(15)25-26-18/h8-9,12-13H,1-7,10-11,14H2,(H,24,30). The van der Waals surface area contributed by atoms with E-state index >= 15 is 0 Å². The Morgan fingerprint density at radius 1 is 1.00 bits per heavy atom. The maximum Gasteiger partial charge on any atom is 0.420 e. The van der Waals surface area contributed by atoms with Gasteiger partial charge in [0.1, 0.15) is 6.54 Å². The third-order valence-corrected chi connectivity index (χ3v) is 6.23. The molecule has 0 saturated carbocycles. The van der Waals surface area contributed by atoms with Crippen LogP contribution in [-0.4, -0.2) is 44.6 Å². The van der Waals surface area contributed by atoms with Gasteiger partial charge >= 0.3 is 5.76 Å². The second kappa shape index (κ2) is 8.57. The number of benzene rings is 1. The maximum atomic E-state index is 12.7. The normalized spacial score (nSPS) is 16.1. The highest BCUT2D eigenvalue weighted by molar-refractivity contribution is 6.03.